The van der Waals surface area contributed by atoms with E-state index in [0.717, 1.165) is 12.1 Å². The lowest BCUT2D eigenvalue weighted by molar-refractivity contribution is 0.331. The van der Waals surface area contributed by atoms with Gasteiger partial charge in [-0.1, -0.05) is 36.5 Å². The van der Waals surface area contributed by atoms with E-state index in [1.807, 2.05) is 12.1 Å². The molecule has 3 heteroatoms. The number of hydrogen-bond acceptors (Lipinski definition) is 2. The molecule has 0 aromatic heterocycles. The highest BCUT2D eigenvalue weighted by Crippen LogP contribution is 2.13. The molecule has 1 heterocycles. The van der Waals surface area contributed by atoms with Gasteiger partial charge in [0.1, 0.15) is 4.99 Å². The monoisotopic (exact) mass is 220 g/mol. The van der Waals surface area contributed by atoms with Crippen molar-refractivity contribution in [2.24, 2.45) is 5.73 Å². The maximum Gasteiger partial charge on any atom is 0.103 e. The Bertz CT molecular complexity index is 339. The highest BCUT2D eigenvalue weighted by molar-refractivity contribution is 7.80. The van der Waals surface area contributed by atoms with Gasteiger partial charge < -0.3 is 5.73 Å². The van der Waals surface area contributed by atoms with Gasteiger partial charge in [-0.3, -0.25) is 4.90 Å². The summed E-state index contributed by atoms with van der Waals surface area (Å²) < 4.78 is 0. The lowest BCUT2D eigenvalue weighted by atomic mass is 10.1. The van der Waals surface area contributed by atoms with Gasteiger partial charge in [0.25, 0.3) is 0 Å². The molecular weight excluding hydrogens is 204 g/mol. The van der Waals surface area contributed by atoms with E-state index in [-0.39, 0.29) is 0 Å². The lowest BCUT2D eigenvalue weighted by Gasteiger charge is -2.14. The van der Waals surface area contributed by atoms with E-state index in [4.69, 9.17) is 18.0 Å². The van der Waals surface area contributed by atoms with Crippen LogP contribution in [-0.2, 0) is 6.54 Å². The molecule has 0 aliphatic carbocycles. The minimum absolute atomic E-state index is 0.475. The maximum atomic E-state index is 5.55. The molecule has 0 bridgehead atoms. The van der Waals surface area contributed by atoms with Crippen molar-refractivity contribution in [2.75, 3.05) is 13.1 Å². The summed E-state index contributed by atoms with van der Waals surface area (Å²) in [5.41, 5.74) is 7.85. The predicted molar refractivity (Wildman–Crippen MR) is 66.8 cm³/mol. The van der Waals surface area contributed by atoms with E-state index < -0.39 is 0 Å². The number of nitrogens with two attached hydrogens (primary N) is 1. The van der Waals surface area contributed by atoms with Gasteiger partial charge in [0.2, 0.25) is 0 Å². The van der Waals surface area contributed by atoms with Crippen molar-refractivity contribution in [1.29, 1.82) is 0 Å². The zero-order chi connectivity index (χ0) is 10.7. The molecule has 1 saturated heterocycles. The maximum absolute atomic E-state index is 5.55. The quantitative estimate of drug-likeness (QED) is 0.789. The Morgan fingerprint density at radius 3 is 2.33 bits per heavy atom. The number of nitrogens with zero attached hydrogens (tertiary/aromatic N) is 1. The molecule has 0 spiro atoms. The minimum atomic E-state index is 0.475. The fourth-order valence-electron chi connectivity index (χ4n) is 1.97. The van der Waals surface area contributed by atoms with Gasteiger partial charge in [0.15, 0.2) is 0 Å². The van der Waals surface area contributed by atoms with Crippen molar-refractivity contribution in [2.45, 2.75) is 19.4 Å². The SMILES string of the molecule is NC(=S)c1ccc(CN2CCCC2)cc1. The van der Waals surface area contributed by atoms with Crippen molar-refractivity contribution in [3.63, 3.8) is 0 Å². The van der Waals surface area contributed by atoms with Crippen LogP contribution in [0.25, 0.3) is 0 Å². The number of rotatable bonds is 3. The summed E-state index contributed by atoms with van der Waals surface area (Å²) in [6, 6.07) is 8.25. The molecule has 1 fully saturated rings. The van der Waals surface area contributed by atoms with Crippen LogP contribution in [0.3, 0.4) is 0 Å². The van der Waals surface area contributed by atoms with E-state index in [2.05, 4.69) is 17.0 Å². The van der Waals surface area contributed by atoms with Gasteiger partial charge >= 0.3 is 0 Å². The van der Waals surface area contributed by atoms with Crippen molar-refractivity contribution >= 4 is 17.2 Å². The predicted octanol–water partition coefficient (Wildman–Crippen LogP) is 1.92. The zero-order valence-electron chi connectivity index (χ0n) is 8.78. The molecule has 0 unspecified atom stereocenters. The van der Waals surface area contributed by atoms with Crippen LogP contribution in [0.4, 0.5) is 0 Å². The summed E-state index contributed by atoms with van der Waals surface area (Å²) in [6.45, 7) is 3.52. The first-order chi connectivity index (χ1) is 7.25. The van der Waals surface area contributed by atoms with Crippen LogP contribution in [0, 0.1) is 0 Å². The Morgan fingerprint density at radius 2 is 1.80 bits per heavy atom. The van der Waals surface area contributed by atoms with Gasteiger partial charge in [0.05, 0.1) is 0 Å². The Labute approximate surface area is 96.1 Å². The Hall–Kier alpha value is -0.930. The van der Waals surface area contributed by atoms with Crippen molar-refractivity contribution in [3.8, 4) is 0 Å². The summed E-state index contributed by atoms with van der Waals surface area (Å²) in [5, 5.41) is 0. The molecular formula is C12H16N2S. The normalized spacial score (nSPS) is 16.8. The highest BCUT2D eigenvalue weighted by atomic mass is 32.1. The summed E-state index contributed by atoms with van der Waals surface area (Å²) >= 11 is 4.92. The lowest BCUT2D eigenvalue weighted by Crippen LogP contribution is -2.18. The molecule has 15 heavy (non-hydrogen) atoms. The first kappa shape index (κ1) is 10.6. The first-order valence-electron chi connectivity index (χ1n) is 5.37. The second-order valence-corrected chi connectivity index (χ2v) is 4.48. The fourth-order valence-corrected chi connectivity index (χ4v) is 2.11. The minimum Gasteiger partial charge on any atom is -0.389 e. The van der Waals surface area contributed by atoms with Crippen LogP contribution in [0.5, 0.6) is 0 Å². The van der Waals surface area contributed by atoms with Crippen LogP contribution in [0.1, 0.15) is 24.0 Å². The van der Waals surface area contributed by atoms with Crippen LogP contribution in [0.15, 0.2) is 24.3 Å². The van der Waals surface area contributed by atoms with E-state index in [0.29, 0.717) is 4.99 Å². The van der Waals surface area contributed by atoms with Crippen LogP contribution in [0.2, 0.25) is 0 Å². The first-order valence-corrected chi connectivity index (χ1v) is 5.77. The van der Waals surface area contributed by atoms with Crippen LogP contribution >= 0.6 is 12.2 Å². The summed E-state index contributed by atoms with van der Waals surface area (Å²) in [4.78, 5) is 2.96. The molecule has 1 aliphatic rings. The average molecular weight is 220 g/mol. The molecule has 2 rings (SSSR count). The average Bonchev–Trinajstić information content (AvgIpc) is 2.71. The Kier molecular flexibility index (Phi) is 3.34. The number of thiocarbonyl (C=S) groups is 1. The molecule has 0 saturated carbocycles. The third kappa shape index (κ3) is 2.76. The van der Waals surface area contributed by atoms with Crippen molar-refractivity contribution in [1.82, 2.24) is 4.90 Å². The van der Waals surface area contributed by atoms with Gasteiger partial charge in [-0.2, -0.15) is 0 Å². The van der Waals surface area contributed by atoms with Gasteiger partial charge in [-0.05, 0) is 31.5 Å². The smallest absolute Gasteiger partial charge is 0.103 e. The standard InChI is InChI=1S/C12H16N2S/c13-12(15)11-5-3-10(4-6-11)9-14-7-1-2-8-14/h3-6H,1-2,7-9H2,(H2,13,15). The zero-order valence-corrected chi connectivity index (χ0v) is 9.59. The molecule has 0 amide bonds. The topological polar surface area (TPSA) is 29.3 Å². The van der Waals surface area contributed by atoms with Crippen LogP contribution in [-0.4, -0.2) is 23.0 Å². The summed E-state index contributed by atoms with van der Waals surface area (Å²) in [6.07, 6.45) is 2.68. The van der Waals surface area contributed by atoms with Crippen LogP contribution < -0.4 is 5.73 Å². The number of benzene rings is 1. The molecule has 2 nitrogen and oxygen atoms in total. The highest BCUT2D eigenvalue weighted by Gasteiger charge is 2.11. The number of likely N-dealkylation sites (tertiary alicyclic amines) is 1. The molecule has 2 N–H and O–H groups in total. The Balaban J connectivity index is 2.00. The van der Waals surface area contributed by atoms with Gasteiger partial charge in [-0.25, -0.2) is 0 Å². The molecule has 1 aliphatic heterocycles. The van der Waals surface area contributed by atoms with Gasteiger partial charge in [0, 0.05) is 12.1 Å². The molecule has 1 aromatic carbocycles. The van der Waals surface area contributed by atoms with Crippen molar-refractivity contribution in [3.05, 3.63) is 35.4 Å². The molecule has 1 aromatic rings. The third-order valence-electron chi connectivity index (χ3n) is 2.84. The van der Waals surface area contributed by atoms with Gasteiger partial charge in [-0.15, -0.1) is 0 Å². The third-order valence-corrected chi connectivity index (χ3v) is 3.08. The summed E-state index contributed by atoms with van der Waals surface area (Å²) in [7, 11) is 0. The van der Waals surface area contributed by atoms with Crippen molar-refractivity contribution < 1.29 is 0 Å². The molecule has 0 atom stereocenters. The van der Waals surface area contributed by atoms with E-state index in [9.17, 15) is 0 Å². The van der Waals surface area contributed by atoms with E-state index >= 15 is 0 Å². The van der Waals surface area contributed by atoms with E-state index in [1.54, 1.807) is 0 Å². The second-order valence-electron chi connectivity index (χ2n) is 4.04. The summed E-state index contributed by atoms with van der Waals surface area (Å²) in [5.74, 6) is 0. The Morgan fingerprint density at radius 1 is 1.20 bits per heavy atom. The molecule has 0 radical (unpaired) electrons. The fraction of sp³-hybridized carbons (Fsp3) is 0.417. The van der Waals surface area contributed by atoms with E-state index in [1.165, 1.54) is 31.5 Å². The number of hydrogen-bond donors (Lipinski definition) is 1. The molecule has 80 valence electrons. The largest absolute Gasteiger partial charge is 0.389 e. The second kappa shape index (κ2) is 4.73.